The summed E-state index contributed by atoms with van der Waals surface area (Å²) in [6.07, 6.45) is -4.87. The summed E-state index contributed by atoms with van der Waals surface area (Å²) in [5.74, 6) is -0.849. The van der Waals surface area contributed by atoms with Crippen LogP contribution in [0.15, 0.2) is 54.7 Å². The molecule has 0 bridgehead atoms. The highest BCUT2D eigenvalue weighted by atomic mass is 35.5. The van der Waals surface area contributed by atoms with Crippen LogP contribution in [0.2, 0.25) is 5.02 Å². The van der Waals surface area contributed by atoms with Crippen LogP contribution in [-0.4, -0.2) is 23.6 Å². The lowest BCUT2D eigenvalue weighted by Gasteiger charge is -2.29. The number of ether oxygens (including phenoxy) is 1. The molecule has 0 saturated heterocycles. The Labute approximate surface area is 175 Å². The number of carbonyl (C=O) groups is 1. The summed E-state index contributed by atoms with van der Waals surface area (Å²) in [6.45, 7) is 0.773. The van der Waals surface area contributed by atoms with E-state index in [4.69, 9.17) is 16.3 Å². The fourth-order valence-corrected chi connectivity index (χ4v) is 3.24. The molecule has 0 fully saturated rings. The number of fused-ring (bicyclic) bond motifs is 1. The molecule has 1 heterocycles. The molecule has 158 valence electrons. The van der Waals surface area contributed by atoms with Gasteiger partial charge in [0.1, 0.15) is 29.5 Å². The number of hydrogen-bond donors (Lipinski definition) is 0. The quantitative estimate of drug-likeness (QED) is 0.413. The molecular weight excluding hydrogens is 422 g/mol. The van der Waals surface area contributed by atoms with E-state index < -0.39 is 36.2 Å². The van der Waals surface area contributed by atoms with Gasteiger partial charge in [-0.25, -0.2) is 4.39 Å². The van der Waals surface area contributed by atoms with Crippen LogP contribution in [0.25, 0.3) is 10.9 Å². The van der Waals surface area contributed by atoms with Gasteiger partial charge >= 0.3 is 6.18 Å². The van der Waals surface area contributed by atoms with E-state index in [1.807, 2.05) is 0 Å². The van der Waals surface area contributed by atoms with Gasteiger partial charge < -0.3 is 4.74 Å². The molecule has 3 rings (SSSR count). The van der Waals surface area contributed by atoms with Gasteiger partial charge in [0.15, 0.2) is 0 Å². The lowest BCUT2D eigenvalue weighted by Crippen LogP contribution is -2.39. The maximum absolute atomic E-state index is 13.8. The monoisotopic (exact) mass is 439 g/mol. The molecule has 3 nitrogen and oxygen atoms in total. The number of benzene rings is 2. The van der Waals surface area contributed by atoms with Crippen molar-refractivity contribution in [2.75, 3.05) is 6.61 Å². The van der Waals surface area contributed by atoms with Crippen molar-refractivity contribution in [2.24, 2.45) is 5.41 Å². The Hall–Kier alpha value is -2.67. The first-order valence-electron chi connectivity index (χ1n) is 9.07. The normalized spacial score (nSPS) is 13.8. The van der Waals surface area contributed by atoms with E-state index in [0.717, 1.165) is 0 Å². The van der Waals surface area contributed by atoms with Crippen molar-refractivity contribution in [3.05, 3.63) is 71.1 Å². The predicted octanol–water partition coefficient (Wildman–Crippen LogP) is 6.18. The van der Waals surface area contributed by atoms with E-state index in [2.05, 4.69) is 4.98 Å². The Morgan fingerprint density at radius 2 is 1.83 bits per heavy atom. The predicted molar refractivity (Wildman–Crippen MR) is 106 cm³/mol. The molecule has 1 unspecified atom stereocenters. The van der Waals surface area contributed by atoms with Crippen molar-refractivity contribution >= 4 is 28.3 Å². The minimum Gasteiger partial charge on any atom is -0.493 e. The molecular formula is C22H18ClF4NO2. The molecule has 0 aliphatic rings. The number of hydrogen-bond acceptors (Lipinski definition) is 3. The number of Topliss-reactive ketones (excluding diaryl/α,β-unsaturated/α-hetero) is 1. The second kappa shape index (κ2) is 8.60. The van der Waals surface area contributed by atoms with Crippen molar-refractivity contribution in [1.29, 1.82) is 0 Å². The second-order valence-corrected chi connectivity index (χ2v) is 7.79. The number of alkyl halides is 3. The van der Waals surface area contributed by atoms with Crippen LogP contribution in [0.1, 0.15) is 18.9 Å². The van der Waals surface area contributed by atoms with Crippen molar-refractivity contribution in [3.63, 3.8) is 0 Å². The van der Waals surface area contributed by atoms with Crippen molar-refractivity contribution in [1.82, 2.24) is 4.98 Å². The maximum atomic E-state index is 13.8. The largest absolute Gasteiger partial charge is 0.493 e. The van der Waals surface area contributed by atoms with Gasteiger partial charge in [0.2, 0.25) is 0 Å². The third-order valence-corrected chi connectivity index (χ3v) is 4.97. The highest BCUT2D eigenvalue weighted by Crippen LogP contribution is 2.36. The number of aromatic nitrogens is 1. The zero-order valence-corrected chi connectivity index (χ0v) is 16.7. The smallest absolute Gasteiger partial charge is 0.390 e. The zero-order valence-electron chi connectivity index (χ0n) is 16.0. The average Bonchev–Trinajstić information content (AvgIpc) is 2.66. The summed E-state index contributed by atoms with van der Waals surface area (Å²) in [7, 11) is 0. The van der Waals surface area contributed by atoms with E-state index in [0.29, 0.717) is 21.7 Å². The molecule has 0 N–H and O–H groups in total. The Morgan fingerprint density at radius 3 is 2.50 bits per heavy atom. The number of rotatable bonds is 7. The number of ketones is 1. The molecule has 30 heavy (non-hydrogen) atoms. The van der Waals surface area contributed by atoms with Crippen molar-refractivity contribution < 1.29 is 27.1 Å². The Morgan fingerprint density at radius 1 is 1.13 bits per heavy atom. The summed E-state index contributed by atoms with van der Waals surface area (Å²) in [5.41, 5.74) is -1.27. The molecule has 1 aromatic heterocycles. The highest BCUT2D eigenvalue weighted by molar-refractivity contribution is 6.30. The first-order chi connectivity index (χ1) is 14.1. The van der Waals surface area contributed by atoms with Gasteiger partial charge in [-0.05, 0) is 48.9 Å². The molecule has 0 aliphatic heterocycles. The third-order valence-electron chi connectivity index (χ3n) is 4.72. The van der Waals surface area contributed by atoms with Crippen molar-refractivity contribution in [3.8, 4) is 5.75 Å². The van der Waals surface area contributed by atoms with Crippen LogP contribution >= 0.6 is 11.6 Å². The molecule has 2 aromatic carbocycles. The van der Waals surface area contributed by atoms with E-state index in [9.17, 15) is 22.4 Å². The molecule has 0 saturated carbocycles. The van der Waals surface area contributed by atoms with E-state index in [1.54, 1.807) is 24.3 Å². The van der Waals surface area contributed by atoms with Crippen LogP contribution in [-0.2, 0) is 11.2 Å². The van der Waals surface area contributed by atoms with Gasteiger partial charge in [0, 0.05) is 23.0 Å². The molecule has 0 spiro atoms. The first-order valence-corrected chi connectivity index (χ1v) is 9.45. The lowest BCUT2D eigenvalue weighted by molar-refractivity contribution is -0.168. The topological polar surface area (TPSA) is 39.2 Å². The van der Waals surface area contributed by atoms with Gasteiger partial charge in [-0.3, -0.25) is 9.78 Å². The number of carbonyl (C=O) groups excluding carboxylic acids is 1. The number of para-hydroxylation sites is 1. The molecule has 0 radical (unpaired) electrons. The second-order valence-electron chi connectivity index (χ2n) is 7.35. The van der Waals surface area contributed by atoms with E-state index >= 15 is 0 Å². The Balaban J connectivity index is 1.81. The molecule has 0 aliphatic carbocycles. The Kier molecular flexibility index (Phi) is 6.31. The van der Waals surface area contributed by atoms with Gasteiger partial charge in [-0.2, -0.15) is 13.2 Å². The highest BCUT2D eigenvalue weighted by Gasteiger charge is 2.44. The third kappa shape index (κ3) is 5.48. The lowest BCUT2D eigenvalue weighted by atomic mass is 9.80. The SMILES string of the molecule is CC(COc1ccc(Cl)cc1)(CC(F)(F)F)C(=O)Cc1cnc2c(F)cccc2c1. The molecule has 0 amide bonds. The van der Waals surface area contributed by atoms with Crippen LogP contribution in [0.5, 0.6) is 5.75 Å². The van der Waals surface area contributed by atoms with E-state index in [-0.39, 0.29) is 11.9 Å². The number of pyridine rings is 1. The molecule has 8 heteroatoms. The van der Waals surface area contributed by atoms with E-state index in [1.165, 1.54) is 37.4 Å². The van der Waals surface area contributed by atoms with Gasteiger partial charge in [-0.15, -0.1) is 0 Å². The number of halogens is 5. The van der Waals surface area contributed by atoms with Gasteiger partial charge in [0.05, 0.1) is 11.8 Å². The standard InChI is InChI=1S/C22H18ClF4NO2/c1-21(12-22(25,26)27,13-30-17-7-5-16(23)6-8-17)19(29)10-14-9-15-3-2-4-18(24)20(15)28-11-14/h2-9,11H,10,12-13H2,1H3. The van der Waals surface area contributed by atoms with Crippen LogP contribution < -0.4 is 4.74 Å². The summed E-state index contributed by atoms with van der Waals surface area (Å²) in [4.78, 5) is 16.9. The van der Waals surface area contributed by atoms with Crippen LogP contribution in [0.4, 0.5) is 17.6 Å². The minimum atomic E-state index is -4.56. The summed E-state index contributed by atoms with van der Waals surface area (Å²) in [6, 6.07) is 12.0. The first kappa shape index (κ1) is 22.0. The fourth-order valence-electron chi connectivity index (χ4n) is 3.11. The fraction of sp³-hybridized carbons (Fsp3) is 0.273. The van der Waals surface area contributed by atoms with Crippen LogP contribution in [0.3, 0.4) is 0 Å². The summed E-state index contributed by atoms with van der Waals surface area (Å²) < 4.78 is 58.8. The molecule has 1 atom stereocenters. The van der Waals surface area contributed by atoms with Crippen LogP contribution in [0, 0.1) is 11.2 Å². The average molecular weight is 440 g/mol. The van der Waals surface area contributed by atoms with Gasteiger partial charge in [0.25, 0.3) is 0 Å². The summed E-state index contributed by atoms with van der Waals surface area (Å²) >= 11 is 5.79. The minimum absolute atomic E-state index is 0.137. The molecule has 3 aromatic rings. The zero-order chi connectivity index (χ0) is 21.9. The van der Waals surface area contributed by atoms with Crippen molar-refractivity contribution in [2.45, 2.75) is 25.9 Å². The Bertz CT molecular complexity index is 1050. The summed E-state index contributed by atoms with van der Waals surface area (Å²) in [5, 5.41) is 0.923. The maximum Gasteiger partial charge on any atom is 0.390 e. The van der Waals surface area contributed by atoms with Gasteiger partial charge in [-0.1, -0.05) is 23.7 Å². The number of nitrogens with zero attached hydrogens (tertiary/aromatic N) is 1.